The summed E-state index contributed by atoms with van der Waals surface area (Å²) in [6, 6.07) is 8.61. The maximum absolute atomic E-state index is 12.5. The van der Waals surface area contributed by atoms with Crippen LogP contribution in [-0.4, -0.2) is 53.6 Å². The van der Waals surface area contributed by atoms with Gasteiger partial charge in [0.1, 0.15) is 28.5 Å². The van der Waals surface area contributed by atoms with Crippen molar-refractivity contribution in [2.24, 2.45) is 0 Å². The van der Waals surface area contributed by atoms with Gasteiger partial charge in [-0.3, -0.25) is 9.59 Å². The van der Waals surface area contributed by atoms with Crippen LogP contribution in [0, 0.1) is 11.3 Å². The van der Waals surface area contributed by atoms with E-state index < -0.39 is 12.1 Å². The molecule has 0 aliphatic carbocycles. The van der Waals surface area contributed by atoms with E-state index in [1.54, 1.807) is 23.0 Å². The fourth-order valence-corrected chi connectivity index (χ4v) is 4.62. The van der Waals surface area contributed by atoms with Crippen LogP contribution in [0.5, 0.6) is 0 Å². The zero-order valence-corrected chi connectivity index (χ0v) is 19.2. The van der Waals surface area contributed by atoms with Gasteiger partial charge in [-0.1, -0.05) is 12.1 Å². The first-order chi connectivity index (χ1) is 16.1. The van der Waals surface area contributed by atoms with Crippen LogP contribution in [-0.2, 0) is 16.0 Å². The number of carbonyl (C=O) groups is 2. The van der Waals surface area contributed by atoms with E-state index in [1.807, 2.05) is 17.5 Å². The van der Waals surface area contributed by atoms with Crippen LogP contribution in [0.2, 0.25) is 0 Å². The fourth-order valence-electron chi connectivity index (χ4n) is 3.25. The first kappa shape index (κ1) is 23.0. The van der Waals surface area contributed by atoms with Crippen LogP contribution in [0.15, 0.2) is 40.5 Å². The summed E-state index contributed by atoms with van der Waals surface area (Å²) in [6.45, 7) is 1.76. The molecule has 4 rings (SSSR count). The number of nitrogens with one attached hydrogen (secondary N) is 3. The first-order valence-electron chi connectivity index (χ1n) is 10.4. The van der Waals surface area contributed by atoms with Gasteiger partial charge in [-0.2, -0.15) is 5.26 Å². The van der Waals surface area contributed by atoms with Crippen molar-refractivity contribution in [1.82, 2.24) is 20.6 Å². The third-order valence-corrected chi connectivity index (χ3v) is 6.40. The van der Waals surface area contributed by atoms with Gasteiger partial charge in [0.05, 0.1) is 11.6 Å². The topological polar surface area (TPSA) is 129 Å². The predicted octanol–water partition coefficient (Wildman–Crippen LogP) is 2.45. The van der Waals surface area contributed by atoms with Gasteiger partial charge in [0.25, 0.3) is 11.8 Å². The number of nitriles is 1. The van der Waals surface area contributed by atoms with E-state index in [2.05, 4.69) is 32.0 Å². The monoisotopic (exact) mass is 482 g/mol. The quantitative estimate of drug-likeness (QED) is 0.472. The van der Waals surface area contributed by atoms with Crippen LogP contribution >= 0.6 is 22.7 Å². The van der Waals surface area contributed by atoms with E-state index in [4.69, 9.17) is 4.74 Å². The van der Waals surface area contributed by atoms with Gasteiger partial charge >= 0.3 is 0 Å². The van der Waals surface area contributed by atoms with Crippen LogP contribution < -0.4 is 16.0 Å². The lowest BCUT2D eigenvalue weighted by atomic mass is 10.1. The van der Waals surface area contributed by atoms with Crippen molar-refractivity contribution in [3.8, 4) is 16.8 Å². The Bertz CT molecular complexity index is 1120. The van der Waals surface area contributed by atoms with Gasteiger partial charge in [-0.15, -0.1) is 22.7 Å². The summed E-state index contributed by atoms with van der Waals surface area (Å²) in [4.78, 5) is 33.5. The largest absolute Gasteiger partial charge is 0.367 e. The van der Waals surface area contributed by atoms with Gasteiger partial charge in [0.15, 0.2) is 0 Å². The molecule has 170 valence electrons. The summed E-state index contributed by atoms with van der Waals surface area (Å²) < 4.78 is 5.54. The minimum Gasteiger partial charge on any atom is -0.367 e. The van der Waals surface area contributed by atoms with E-state index in [0.717, 1.165) is 24.2 Å². The van der Waals surface area contributed by atoms with Crippen molar-refractivity contribution < 1.29 is 14.3 Å². The SMILES string of the molecule is N#C[C@H](Cc1ccc(NC(=O)c2csc(-c3cscn3)n2)cc1)NC(=O)[C@@H]1CNCCCO1. The Hall–Kier alpha value is -3.17. The Morgan fingerprint density at radius 3 is 2.91 bits per heavy atom. The third-order valence-electron chi connectivity index (χ3n) is 4.95. The molecule has 1 aliphatic rings. The van der Waals surface area contributed by atoms with Gasteiger partial charge in [-0.25, -0.2) is 9.97 Å². The van der Waals surface area contributed by atoms with Crippen LogP contribution in [0.3, 0.4) is 0 Å². The second-order valence-electron chi connectivity index (χ2n) is 7.37. The van der Waals surface area contributed by atoms with E-state index in [1.165, 1.54) is 22.7 Å². The zero-order valence-electron chi connectivity index (χ0n) is 17.6. The molecular weight excluding hydrogens is 460 g/mol. The molecule has 11 heteroatoms. The minimum absolute atomic E-state index is 0.292. The van der Waals surface area contributed by atoms with Crippen molar-refractivity contribution in [1.29, 1.82) is 5.26 Å². The van der Waals surface area contributed by atoms with E-state index >= 15 is 0 Å². The number of nitrogens with zero attached hydrogens (tertiary/aromatic N) is 3. The normalized spacial score (nSPS) is 16.9. The molecule has 1 saturated heterocycles. The molecule has 2 amide bonds. The average molecular weight is 483 g/mol. The lowest BCUT2D eigenvalue weighted by Gasteiger charge is -2.18. The molecule has 2 aromatic heterocycles. The molecular formula is C22H22N6O3S2. The van der Waals surface area contributed by atoms with Gasteiger partial charge in [0, 0.05) is 36.0 Å². The highest BCUT2D eigenvalue weighted by molar-refractivity contribution is 7.14. The number of ether oxygens (including phenoxy) is 1. The van der Waals surface area contributed by atoms with E-state index in [-0.39, 0.29) is 11.8 Å². The number of hydrogen-bond donors (Lipinski definition) is 3. The zero-order chi connectivity index (χ0) is 23.0. The highest BCUT2D eigenvalue weighted by Gasteiger charge is 2.23. The van der Waals surface area contributed by atoms with Crippen molar-refractivity contribution in [3.63, 3.8) is 0 Å². The third kappa shape index (κ3) is 6.21. The molecule has 1 aliphatic heterocycles. The van der Waals surface area contributed by atoms with E-state index in [0.29, 0.717) is 36.0 Å². The molecule has 0 bridgehead atoms. The predicted molar refractivity (Wildman–Crippen MR) is 126 cm³/mol. The number of thiazole rings is 2. The molecule has 1 fully saturated rings. The first-order valence-corrected chi connectivity index (χ1v) is 12.2. The lowest BCUT2D eigenvalue weighted by Crippen LogP contribution is -2.46. The Morgan fingerprint density at radius 1 is 1.30 bits per heavy atom. The van der Waals surface area contributed by atoms with Crippen molar-refractivity contribution >= 4 is 40.2 Å². The summed E-state index contributed by atoms with van der Waals surface area (Å²) in [5, 5.41) is 22.5. The molecule has 3 N–H and O–H groups in total. The van der Waals surface area contributed by atoms with Crippen molar-refractivity contribution in [2.75, 3.05) is 25.0 Å². The van der Waals surface area contributed by atoms with Crippen LogP contribution in [0.25, 0.3) is 10.7 Å². The number of anilines is 1. The van der Waals surface area contributed by atoms with Gasteiger partial charge in [-0.05, 0) is 30.7 Å². The maximum Gasteiger partial charge on any atom is 0.275 e. The molecule has 3 aromatic rings. The highest BCUT2D eigenvalue weighted by atomic mass is 32.1. The summed E-state index contributed by atoms with van der Waals surface area (Å²) in [6.07, 6.45) is 0.603. The summed E-state index contributed by atoms with van der Waals surface area (Å²) in [7, 11) is 0. The van der Waals surface area contributed by atoms with Crippen LogP contribution in [0.1, 0.15) is 22.5 Å². The highest BCUT2D eigenvalue weighted by Crippen LogP contribution is 2.24. The fraction of sp³-hybridized carbons (Fsp3) is 0.318. The molecule has 33 heavy (non-hydrogen) atoms. The maximum atomic E-state index is 12.5. The molecule has 9 nitrogen and oxygen atoms in total. The lowest BCUT2D eigenvalue weighted by molar-refractivity contribution is -0.132. The molecule has 1 aromatic carbocycles. The standard InChI is InChI=1S/C22H22N6O3S2/c23-9-16(27-21(30)19-10-24-6-1-7-31-19)8-14-2-4-15(5-3-14)26-20(29)17-12-33-22(28-17)18-11-32-13-25-18/h2-5,11-13,16,19,24H,1,6-8,10H2,(H,26,29)(H,27,30)/t16-,19-/m0/s1. The Balaban J connectivity index is 1.31. The smallest absolute Gasteiger partial charge is 0.275 e. The van der Waals surface area contributed by atoms with Gasteiger partial charge in [0.2, 0.25) is 0 Å². The summed E-state index contributed by atoms with van der Waals surface area (Å²) >= 11 is 2.84. The summed E-state index contributed by atoms with van der Waals surface area (Å²) in [5.74, 6) is -0.597. The molecule has 0 spiro atoms. The molecule has 0 radical (unpaired) electrons. The van der Waals surface area contributed by atoms with Gasteiger partial charge < -0.3 is 20.7 Å². The second-order valence-corrected chi connectivity index (χ2v) is 8.95. The molecule has 2 atom stereocenters. The molecule has 0 unspecified atom stereocenters. The molecule has 0 saturated carbocycles. The number of rotatable bonds is 7. The second kappa shape index (κ2) is 11.1. The number of aromatic nitrogens is 2. The molecule has 3 heterocycles. The minimum atomic E-state index is -0.677. The number of amides is 2. The Labute approximate surface area is 198 Å². The van der Waals surface area contributed by atoms with Crippen molar-refractivity contribution in [2.45, 2.75) is 25.0 Å². The van der Waals surface area contributed by atoms with Crippen molar-refractivity contribution in [3.05, 3.63) is 51.8 Å². The van der Waals surface area contributed by atoms with E-state index in [9.17, 15) is 14.9 Å². The number of carbonyl (C=O) groups excluding carboxylic acids is 2. The number of hydrogen-bond acceptors (Lipinski definition) is 9. The van der Waals surface area contributed by atoms with Crippen LogP contribution in [0.4, 0.5) is 5.69 Å². The summed E-state index contributed by atoms with van der Waals surface area (Å²) in [5.41, 5.74) is 4.29. The average Bonchev–Trinajstić information content (AvgIpc) is 3.46. The Morgan fingerprint density at radius 2 is 2.15 bits per heavy atom. The Kier molecular flexibility index (Phi) is 7.74. The number of benzene rings is 1.